The van der Waals surface area contributed by atoms with E-state index in [1.807, 2.05) is 97.1 Å². The summed E-state index contributed by atoms with van der Waals surface area (Å²) in [5, 5.41) is 14.1. The van der Waals surface area contributed by atoms with E-state index in [-0.39, 0.29) is 48.3 Å². The van der Waals surface area contributed by atoms with Gasteiger partial charge in [-0.3, -0.25) is 4.79 Å². The maximum atomic E-state index is 14.7. The number of hydrogen-bond acceptors (Lipinski definition) is 3. The van der Waals surface area contributed by atoms with E-state index in [9.17, 15) is 14.3 Å². The molecular formula is C48H51FIrNO2-. The van der Waals surface area contributed by atoms with Crippen molar-refractivity contribution in [3.05, 3.63) is 138 Å². The van der Waals surface area contributed by atoms with Crippen molar-refractivity contribution in [3.8, 4) is 33.5 Å². The molecule has 1 radical (unpaired) electrons. The minimum atomic E-state index is -0.337. The van der Waals surface area contributed by atoms with E-state index >= 15 is 0 Å². The molecule has 0 fully saturated rings. The maximum absolute atomic E-state index is 14.7. The molecule has 0 saturated heterocycles. The zero-order chi connectivity index (χ0) is 37.6. The van der Waals surface area contributed by atoms with Gasteiger partial charge in [-0.1, -0.05) is 116 Å². The minimum Gasteiger partial charge on any atom is -0.512 e. The number of aromatic nitrogens is 1. The molecule has 1 aromatic heterocycles. The third-order valence-electron chi connectivity index (χ3n) is 11.1. The Labute approximate surface area is 328 Å². The van der Waals surface area contributed by atoms with Crippen LogP contribution in [0.3, 0.4) is 0 Å². The van der Waals surface area contributed by atoms with E-state index in [2.05, 4.69) is 55.5 Å². The topological polar surface area (TPSA) is 50.2 Å². The first kappa shape index (κ1) is 41.3. The SMILES string of the molecule is CCC(C)(CC)C(=O)/C=C(\O)C(C)(CC)CC.Cc1[c-]c(-c2nccc3cc(-c4ccccc4-c4ccccc4)c4cc(F)ccc4c23)cc(C)c1.[Ir]. The standard InChI is InChI=1S/C33H23FN.C15H28O2.Ir/c1-21-16-22(2)18-25(17-21)33-32-24(14-15-35-33)19-30(31-20-26(34)12-13-29(31)32)28-11-7-6-10-27(28)23-8-4-3-5-9-23;1-7-14(5,8-2)12(16)11-13(17)15(6,9-3)10-4;/h3-17,19-20H,1-2H3;11,16H,7-10H2,1-6H3;/q-1;;/b;12-11-;. The molecule has 0 bridgehead atoms. The molecule has 6 aromatic rings. The second-order valence-electron chi connectivity index (χ2n) is 14.5. The molecule has 0 aliphatic heterocycles. The Balaban J connectivity index is 0.000000299. The van der Waals surface area contributed by atoms with Gasteiger partial charge in [0.05, 0.1) is 0 Å². The number of aryl methyl sites for hydroxylation is 2. The van der Waals surface area contributed by atoms with Crippen molar-refractivity contribution in [2.24, 2.45) is 10.8 Å². The van der Waals surface area contributed by atoms with Crippen molar-refractivity contribution in [1.29, 1.82) is 0 Å². The Bertz CT molecular complexity index is 2210. The molecule has 0 aliphatic carbocycles. The number of allylic oxidation sites excluding steroid dienone is 2. The Morgan fingerprint density at radius 2 is 1.38 bits per heavy atom. The number of ketones is 1. The van der Waals surface area contributed by atoms with Crippen LogP contribution in [0.4, 0.5) is 4.39 Å². The average Bonchev–Trinajstić information content (AvgIpc) is 3.16. The number of carbonyl (C=O) groups is 1. The predicted octanol–water partition coefficient (Wildman–Crippen LogP) is 13.6. The van der Waals surface area contributed by atoms with Gasteiger partial charge in [0.15, 0.2) is 5.78 Å². The van der Waals surface area contributed by atoms with E-state index in [1.165, 1.54) is 17.7 Å². The molecule has 0 amide bonds. The van der Waals surface area contributed by atoms with Crippen molar-refractivity contribution in [3.63, 3.8) is 0 Å². The van der Waals surface area contributed by atoms with Crippen LogP contribution in [-0.4, -0.2) is 15.9 Å². The van der Waals surface area contributed by atoms with Gasteiger partial charge in [0, 0.05) is 43.2 Å². The Morgan fingerprint density at radius 3 is 2.00 bits per heavy atom. The van der Waals surface area contributed by atoms with Crippen molar-refractivity contribution >= 4 is 27.3 Å². The smallest absolute Gasteiger partial charge is 0.164 e. The van der Waals surface area contributed by atoms with E-state index in [1.54, 1.807) is 6.07 Å². The fraction of sp³-hybridized carbons (Fsp3) is 0.292. The summed E-state index contributed by atoms with van der Waals surface area (Å²) in [7, 11) is 0. The first-order valence-corrected chi connectivity index (χ1v) is 18.5. The number of halogens is 1. The van der Waals surface area contributed by atoms with Gasteiger partial charge >= 0.3 is 0 Å². The van der Waals surface area contributed by atoms with Gasteiger partial charge in [-0.15, -0.1) is 34.9 Å². The fourth-order valence-electron chi connectivity index (χ4n) is 6.79. The molecule has 0 saturated carbocycles. The second kappa shape index (κ2) is 17.6. The van der Waals surface area contributed by atoms with Gasteiger partial charge in [0.2, 0.25) is 0 Å². The molecule has 6 rings (SSSR count). The van der Waals surface area contributed by atoms with Crippen LogP contribution < -0.4 is 0 Å². The second-order valence-corrected chi connectivity index (χ2v) is 14.5. The van der Waals surface area contributed by atoms with Crippen LogP contribution in [0.25, 0.3) is 55.1 Å². The normalized spacial score (nSPS) is 11.9. The molecule has 0 atom stereocenters. The molecule has 277 valence electrons. The zero-order valence-corrected chi connectivity index (χ0v) is 34.6. The average molecular weight is 885 g/mol. The van der Waals surface area contributed by atoms with Crippen molar-refractivity contribution in [2.75, 3.05) is 0 Å². The van der Waals surface area contributed by atoms with Gasteiger partial charge in [0.25, 0.3) is 0 Å². The summed E-state index contributed by atoms with van der Waals surface area (Å²) >= 11 is 0. The van der Waals surface area contributed by atoms with Crippen LogP contribution in [0.1, 0.15) is 78.4 Å². The van der Waals surface area contributed by atoms with Crippen molar-refractivity contribution in [1.82, 2.24) is 4.98 Å². The van der Waals surface area contributed by atoms with Gasteiger partial charge in [-0.25, -0.2) is 4.39 Å². The molecule has 1 heterocycles. The maximum Gasteiger partial charge on any atom is 0.164 e. The number of fused-ring (bicyclic) bond motifs is 3. The van der Waals surface area contributed by atoms with Crippen LogP contribution in [0.5, 0.6) is 0 Å². The fourth-order valence-corrected chi connectivity index (χ4v) is 6.79. The monoisotopic (exact) mass is 885 g/mol. The van der Waals surface area contributed by atoms with E-state index < -0.39 is 0 Å². The number of benzene rings is 5. The summed E-state index contributed by atoms with van der Waals surface area (Å²) in [6, 6.07) is 35.6. The van der Waals surface area contributed by atoms with Crippen LogP contribution in [0.2, 0.25) is 0 Å². The molecule has 0 spiro atoms. The summed E-state index contributed by atoms with van der Waals surface area (Å²) in [5.74, 6) is 0.0347. The molecule has 3 nitrogen and oxygen atoms in total. The van der Waals surface area contributed by atoms with Gasteiger partial charge in [0.1, 0.15) is 11.6 Å². The predicted molar refractivity (Wildman–Crippen MR) is 217 cm³/mol. The number of carbonyl (C=O) groups excluding carboxylic acids is 1. The largest absolute Gasteiger partial charge is 0.512 e. The van der Waals surface area contributed by atoms with Crippen molar-refractivity contribution < 1.29 is 34.4 Å². The zero-order valence-electron chi connectivity index (χ0n) is 32.2. The van der Waals surface area contributed by atoms with Gasteiger partial charge in [-0.05, 0) is 99.4 Å². The number of aliphatic hydroxyl groups is 1. The van der Waals surface area contributed by atoms with Crippen LogP contribution in [-0.2, 0) is 24.9 Å². The number of nitrogens with zero attached hydrogens (tertiary/aromatic N) is 1. The molecule has 53 heavy (non-hydrogen) atoms. The molecule has 0 unspecified atom stereocenters. The summed E-state index contributed by atoms with van der Waals surface area (Å²) in [6.07, 6.45) is 6.61. The molecule has 5 aromatic carbocycles. The third-order valence-corrected chi connectivity index (χ3v) is 11.1. The number of aliphatic hydroxyl groups excluding tert-OH is 1. The van der Waals surface area contributed by atoms with Gasteiger partial charge < -0.3 is 10.1 Å². The van der Waals surface area contributed by atoms with Gasteiger partial charge in [-0.2, -0.15) is 0 Å². The van der Waals surface area contributed by atoms with E-state index in [0.29, 0.717) is 0 Å². The van der Waals surface area contributed by atoms with E-state index in [0.717, 1.165) is 86.3 Å². The summed E-state index contributed by atoms with van der Waals surface area (Å²) in [6.45, 7) is 16.2. The van der Waals surface area contributed by atoms with Crippen LogP contribution >= 0.6 is 0 Å². The number of pyridine rings is 1. The third kappa shape index (κ3) is 8.86. The molecule has 1 N–H and O–H groups in total. The molecule has 5 heteroatoms. The number of rotatable bonds is 10. The molecule has 0 aliphatic rings. The Kier molecular flexibility index (Phi) is 13.7. The first-order chi connectivity index (χ1) is 24.9. The Hall–Kier alpha value is -4.44. The van der Waals surface area contributed by atoms with Crippen LogP contribution in [0.15, 0.2) is 115 Å². The number of hydrogen-bond donors (Lipinski definition) is 1. The minimum absolute atomic E-state index is 0. The summed E-state index contributed by atoms with van der Waals surface area (Å²) in [4.78, 5) is 17.0. The first-order valence-electron chi connectivity index (χ1n) is 18.5. The Morgan fingerprint density at radius 1 is 0.755 bits per heavy atom. The van der Waals surface area contributed by atoms with Crippen molar-refractivity contribution in [2.45, 2.75) is 81.1 Å². The molecular weight excluding hydrogens is 834 g/mol. The quantitative estimate of drug-likeness (QED) is 0.0645. The summed E-state index contributed by atoms with van der Waals surface area (Å²) < 4.78 is 14.7. The van der Waals surface area contributed by atoms with Crippen LogP contribution in [0, 0.1) is 36.6 Å². The van der Waals surface area contributed by atoms with E-state index in [4.69, 9.17) is 4.98 Å². The summed E-state index contributed by atoms with van der Waals surface area (Å²) in [5.41, 5.74) is 7.80.